The van der Waals surface area contributed by atoms with E-state index in [-0.39, 0.29) is 29.2 Å². The lowest BCUT2D eigenvalue weighted by Crippen LogP contribution is -2.45. The van der Waals surface area contributed by atoms with Crippen molar-refractivity contribution in [2.45, 2.75) is 79.1 Å². The van der Waals surface area contributed by atoms with E-state index in [4.69, 9.17) is 14.2 Å². The molecular weight excluding hydrogens is 405 g/mol. The summed E-state index contributed by atoms with van der Waals surface area (Å²) in [6, 6.07) is 0.543. The van der Waals surface area contributed by atoms with Crippen molar-refractivity contribution in [1.82, 2.24) is 16.0 Å². The fraction of sp³-hybridized carbons (Fsp3) is 0.909. The van der Waals surface area contributed by atoms with Gasteiger partial charge in [0.2, 0.25) is 11.8 Å². The number of rotatable bonds is 18. The Morgan fingerprint density at radius 2 is 1.52 bits per heavy atom. The molecule has 0 aliphatic heterocycles. The Kier molecular flexibility index (Phi) is 21.2. The van der Waals surface area contributed by atoms with Crippen LogP contribution in [-0.4, -0.2) is 82.3 Å². The van der Waals surface area contributed by atoms with Crippen molar-refractivity contribution in [1.29, 1.82) is 0 Å². The molecule has 3 N–H and O–H groups in total. The summed E-state index contributed by atoms with van der Waals surface area (Å²) in [6.07, 6.45) is 0.797. The van der Waals surface area contributed by atoms with Crippen LogP contribution < -0.4 is 16.0 Å². The van der Waals surface area contributed by atoms with E-state index in [1.54, 1.807) is 0 Å². The predicted molar refractivity (Wildman–Crippen MR) is 128 cm³/mol. The van der Waals surface area contributed by atoms with Crippen molar-refractivity contribution in [2.75, 3.05) is 52.7 Å². The van der Waals surface area contributed by atoms with Gasteiger partial charge in [0.1, 0.15) is 12.8 Å². The highest BCUT2D eigenvalue weighted by atomic mass is 19.1. The molecule has 192 valence electrons. The summed E-state index contributed by atoms with van der Waals surface area (Å²) in [6.45, 7) is 15.4. The minimum Gasteiger partial charge on any atom is -0.378 e. The average molecular weight is 458 g/mol. The molecule has 0 aromatic rings. The topological polar surface area (TPSA) is 97.9 Å². The largest absolute Gasteiger partial charge is 0.378 e. The Hall–Kier alpha value is -1.29. The van der Waals surface area contributed by atoms with Gasteiger partial charge in [-0.15, -0.1) is 0 Å². The fourth-order valence-electron chi connectivity index (χ4n) is 2.37. The summed E-state index contributed by atoms with van der Waals surface area (Å²) in [5, 5.41) is 8.46. The molecule has 0 spiro atoms. The summed E-state index contributed by atoms with van der Waals surface area (Å²) in [5.74, 6) is -0.665. The summed E-state index contributed by atoms with van der Waals surface area (Å²) < 4.78 is 30.3. The number of alkyl halides is 1. The minimum absolute atomic E-state index is 0. The second-order valence-electron chi connectivity index (χ2n) is 7.34. The summed E-state index contributed by atoms with van der Waals surface area (Å²) >= 11 is 0. The first-order valence-electron chi connectivity index (χ1n) is 11.4. The highest BCUT2D eigenvalue weighted by Gasteiger charge is 2.31. The lowest BCUT2D eigenvalue weighted by molar-refractivity contribution is -0.136. The Bertz CT molecular complexity index is 464. The second kappa shape index (κ2) is 20.6. The van der Waals surface area contributed by atoms with Crippen molar-refractivity contribution >= 4 is 11.8 Å². The zero-order valence-electron chi connectivity index (χ0n) is 20.6. The van der Waals surface area contributed by atoms with Crippen molar-refractivity contribution in [2.24, 2.45) is 0 Å². The third-order valence-electron chi connectivity index (χ3n) is 4.47. The van der Waals surface area contributed by atoms with Gasteiger partial charge >= 0.3 is 0 Å². The molecule has 0 saturated carbocycles. The lowest BCUT2D eigenvalue weighted by atomic mass is 10.0. The summed E-state index contributed by atoms with van der Waals surface area (Å²) in [7, 11) is 0. The van der Waals surface area contributed by atoms with Crippen LogP contribution in [0.2, 0.25) is 0 Å². The standard InChI is InChI=1S/C20H40FN3O5.C2H6.3H2/c1-6-17(7-2)22-8-10-27-12-13-28-11-9-23-19(26)15-29-20(4,5)18(21)14-24-16(3)25;1-2;;;/h17-18,22H,6-15H2,1-5H3,(H,23,26)(H,24,25);1-2H3;3*1H. The Labute approximate surface area is 192 Å². The van der Waals surface area contributed by atoms with Crippen molar-refractivity contribution in [3.05, 3.63) is 0 Å². The average Bonchev–Trinajstić information content (AvgIpc) is 2.75. The van der Waals surface area contributed by atoms with Crippen LogP contribution in [0, 0.1) is 0 Å². The Morgan fingerprint density at radius 1 is 0.968 bits per heavy atom. The first kappa shape index (κ1) is 31.9. The van der Waals surface area contributed by atoms with Crippen LogP contribution in [0.5, 0.6) is 0 Å². The maximum atomic E-state index is 14.1. The van der Waals surface area contributed by atoms with Gasteiger partial charge in [-0.2, -0.15) is 0 Å². The van der Waals surface area contributed by atoms with E-state index >= 15 is 0 Å². The third-order valence-corrected chi connectivity index (χ3v) is 4.47. The fourth-order valence-corrected chi connectivity index (χ4v) is 2.37. The first-order chi connectivity index (χ1) is 14.7. The smallest absolute Gasteiger partial charge is 0.246 e. The van der Waals surface area contributed by atoms with Gasteiger partial charge in [0, 0.05) is 30.3 Å². The van der Waals surface area contributed by atoms with E-state index < -0.39 is 11.8 Å². The molecule has 0 aromatic carbocycles. The Balaban J connectivity index is -0.000000544. The van der Waals surface area contributed by atoms with Gasteiger partial charge in [-0.3, -0.25) is 9.59 Å². The molecule has 0 fully saturated rings. The highest BCUT2D eigenvalue weighted by molar-refractivity contribution is 5.77. The first-order valence-corrected chi connectivity index (χ1v) is 11.4. The van der Waals surface area contributed by atoms with Gasteiger partial charge in [-0.1, -0.05) is 27.7 Å². The van der Waals surface area contributed by atoms with E-state index in [0.717, 1.165) is 19.4 Å². The molecule has 0 rings (SSSR count). The monoisotopic (exact) mass is 457 g/mol. The number of carbonyl (C=O) groups excluding carboxylic acids is 2. The zero-order chi connectivity index (χ0) is 24.1. The number of nitrogens with one attached hydrogen (secondary N) is 3. The molecule has 9 heteroatoms. The molecule has 31 heavy (non-hydrogen) atoms. The van der Waals surface area contributed by atoms with Crippen molar-refractivity contribution < 1.29 is 32.5 Å². The minimum atomic E-state index is -1.42. The van der Waals surface area contributed by atoms with Crippen LogP contribution in [-0.2, 0) is 23.8 Å². The van der Waals surface area contributed by atoms with Gasteiger partial charge in [0.15, 0.2) is 0 Å². The van der Waals surface area contributed by atoms with E-state index in [1.165, 1.54) is 20.8 Å². The van der Waals surface area contributed by atoms with Gasteiger partial charge in [0.05, 0.1) is 38.6 Å². The molecule has 0 bridgehead atoms. The zero-order valence-corrected chi connectivity index (χ0v) is 20.6. The molecule has 2 amide bonds. The third kappa shape index (κ3) is 19.1. The predicted octanol–water partition coefficient (Wildman–Crippen LogP) is 2.95. The molecule has 0 heterocycles. The number of carbonyl (C=O) groups is 2. The normalized spacial score (nSPS) is 12.2. The van der Waals surface area contributed by atoms with E-state index in [2.05, 4.69) is 29.8 Å². The summed E-state index contributed by atoms with van der Waals surface area (Å²) in [5.41, 5.74) is -1.18. The van der Waals surface area contributed by atoms with Crippen LogP contribution in [0.4, 0.5) is 4.39 Å². The second-order valence-corrected chi connectivity index (χ2v) is 7.34. The highest BCUT2D eigenvalue weighted by Crippen LogP contribution is 2.17. The van der Waals surface area contributed by atoms with E-state index in [1.807, 2.05) is 13.8 Å². The lowest BCUT2D eigenvalue weighted by Gasteiger charge is -2.28. The number of amides is 2. The molecule has 0 saturated heterocycles. The van der Waals surface area contributed by atoms with Gasteiger partial charge in [-0.25, -0.2) is 4.39 Å². The molecule has 0 radical (unpaired) electrons. The van der Waals surface area contributed by atoms with Crippen LogP contribution in [0.3, 0.4) is 0 Å². The number of ether oxygens (including phenoxy) is 3. The van der Waals surface area contributed by atoms with Crippen LogP contribution in [0.1, 0.15) is 65.6 Å². The maximum absolute atomic E-state index is 14.1. The SMILES string of the molecule is CC.CCC(CC)NCCOCCOCCNC(=O)COC(C)(C)C(F)CNC(C)=O.[HH].[HH].[HH]. The van der Waals surface area contributed by atoms with Crippen molar-refractivity contribution in [3.63, 3.8) is 0 Å². The molecule has 1 atom stereocenters. The number of hydrogen-bond donors (Lipinski definition) is 3. The van der Waals surface area contributed by atoms with E-state index in [0.29, 0.717) is 39.0 Å². The molecule has 1 unspecified atom stereocenters. The Morgan fingerprint density at radius 3 is 2.03 bits per heavy atom. The van der Waals surface area contributed by atoms with E-state index in [9.17, 15) is 14.0 Å². The maximum Gasteiger partial charge on any atom is 0.246 e. The quantitative estimate of drug-likeness (QED) is 0.274. The van der Waals surface area contributed by atoms with Gasteiger partial charge in [0.25, 0.3) is 0 Å². The molecule has 8 nitrogen and oxygen atoms in total. The molecule has 0 aromatic heterocycles. The van der Waals surface area contributed by atoms with Gasteiger partial charge < -0.3 is 30.2 Å². The molecular formula is C22H52FN3O5. The van der Waals surface area contributed by atoms with Crippen LogP contribution in [0.25, 0.3) is 0 Å². The van der Waals surface area contributed by atoms with Crippen LogP contribution >= 0.6 is 0 Å². The molecule has 0 aliphatic carbocycles. The van der Waals surface area contributed by atoms with Crippen molar-refractivity contribution in [3.8, 4) is 0 Å². The number of halogens is 1. The van der Waals surface area contributed by atoms with Crippen LogP contribution in [0.15, 0.2) is 0 Å². The van der Waals surface area contributed by atoms with Gasteiger partial charge in [-0.05, 0) is 26.7 Å². The number of hydrogen-bond acceptors (Lipinski definition) is 6. The summed E-state index contributed by atoms with van der Waals surface area (Å²) in [4.78, 5) is 22.6. The molecule has 0 aliphatic rings.